The van der Waals surface area contributed by atoms with Crippen LogP contribution < -0.4 is 5.56 Å². The number of ketones is 1. The van der Waals surface area contributed by atoms with Gasteiger partial charge in [-0.2, -0.15) is 17.5 Å². The number of aromatic nitrogens is 2. The Morgan fingerprint density at radius 1 is 1.12 bits per heavy atom. The average Bonchev–Trinajstić information content (AvgIpc) is 3.60. The standard InChI is InChI=1S/C29H27F4N3O5S/c1-17(2)35-16-21(19-6-10-26(34-15-19)29(31,32)33)12-18(28(35)38)5-8-24(37)23-4-3-11-36(23)42(39,40)27-14-20-13-22(30)7-9-25(20)41-27/h6-7,9-10,12-17,23H,3-5,8,11H2,1-2H3/t23-/m0/s1. The van der Waals surface area contributed by atoms with E-state index in [9.17, 15) is 35.6 Å². The van der Waals surface area contributed by atoms with Gasteiger partial charge in [-0.05, 0) is 63.4 Å². The molecule has 1 fully saturated rings. The van der Waals surface area contributed by atoms with Crippen molar-refractivity contribution in [3.8, 4) is 11.1 Å². The second-order valence-corrected chi connectivity index (χ2v) is 12.3. The Labute approximate surface area is 238 Å². The molecule has 13 heteroatoms. The van der Waals surface area contributed by atoms with Crippen LogP contribution in [0.4, 0.5) is 17.6 Å². The summed E-state index contributed by atoms with van der Waals surface area (Å²) in [6.07, 6.45) is -1.38. The highest BCUT2D eigenvalue weighted by molar-refractivity contribution is 7.89. The van der Waals surface area contributed by atoms with Crippen LogP contribution in [0.25, 0.3) is 22.1 Å². The molecule has 1 aliphatic rings. The summed E-state index contributed by atoms with van der Waals surface area (Å²) >= 11 is 0. The summed E-state index contributed by atoms with van der Waals surface area (Å²) in [5, 5.41) is -0.110. The summed E-state index contributed by atoms with van der Waals surface area (Å²) in [4.78, 5) is 30.0. The van der Waals surface area contributed by atoms with E-state index in [1.807, 2.05) is 0 Å². The monoisotopic (exact) mass is 605 g/mol. The van der Waals surface area contributed by atoms with Crippen molar-refractivity contribution in [1.82, 2.24) is 13.9 Å². The zero-order chi connectivity index (χ0) is 30.4. The molecule has 0 radical (unpaired) electrons. The number of fused-ring (bicyclic) bond motifs is 1. The van der Waals surface area contributed by atoms with Crippen LogP contribution in [0.3, 0.4) is 0 Å². The number of aryl methyl sites for hydroxylation is 1. The zero-order valence-electron chi connectivity index (χ0n) is 22.7. The van der Waals surface area contributed by atoms with Crippen molar-refractivity contribution in [2.24, 2.45) is 0 Å². The molecule has 42 heavy (non-hydrogen) atoms. The van der Waals surface area contributed by atoms with Gasteiger partial charge in [0.15, 0.2) is 5.78 Å². The van der Waals surface area contributed by atoms with Gasteiger partial charge in [0.1, 0.15) is 17.1 Å². The van der Waals surface area contributed by atoms with Crippen molar-refractivity contribution in [2.75, 3.05) is 6.54 Å². The maximum absolute atomic E-state index is 13.6. The Kier molecular flexibility index (Phi) is 7.84. The maximum atomic E-state index is 13.6. The molecule has 0 N–H and O–H groups in total. The van der Waals surface area contributed by atoms with E-state index in [0.717, 1.165) is 28.7 Å². The van der Waals surface area contributed by atoms with E-state index in [0.29, 0.717) is 24.0 Å². The van der Waals surface area contributed by atoms with E-state index in [1.54, 1.807) is 13.8 Å². The number of nitrogens with zero attached hydrogens (tertiary/aromatic N) is 3. The molecule has 1 atom stereocenters. The number of furan rings is 1. The van der Waals surface area contributed by atoms with Crippen LogP contribution in [-0.4, -0.2) is 40.6 Å². The van der Waals surface area contributed by atoms with Crippen molar-refractivity contribution < 1.29 is 35.2 Å². The number of carbonyl (C=O) groups excluding carboxylic acids is 1. The lowest BCUT2D eigenvalue weighted by molar-refractivity contribution is -0.141. The van der Waals surface area contributed by atoms with Gasteiger partial charge in [-0.3, -0.25) is 14.6 Å². The van der Waals surface area contributed by atoms with E-state index >= 15 is 0 Å². The Balaban J connectivity index is 1.38. The number of sulfonamides is 1. The minimum atomic E-state index is -4.59. The van der Waals surface area contributed by atoms with Crippen molar-refractivity contribution in [1.29, 1.82) is 0 Å². The summed E-state index contributed by atoms with van der Waals surface area (Å²) < 4.78 is 87.3. The number of rotatable bonds is 8. The minimum absolute atomic E-state index is 0.000587. The number of pyridine rings is 2. The first kappa shape index (κ1) is 29.6. The molecule has 0 amide bonds. The molecule has 1 saturated heterocycles. The van der Waals surface area contributed by atoms with Crippen LogP contribution in [0.15, 0.2) is 69.2 Å². The number of benzene rings is 1. The van der Waals surface area contributed by atoms with Crippen molar-refractivity contribution in [3.05, 3.63) is 82.3 Å². The number of Topliss-reactive ketones (excluding diaryl/α,β-unsaturated/α-hetero) is 1. The molecule has 222 valence electrons. The molecule has 3 aromatic heterocycles. The molecule has 1 aromatic carbocycles. The Morgan fingerprint density at radius 3 is 2.55 bits per heavy atom. The van der Waals surface area contributed by atoms with Crippen LogP contribution in [0.5, 0.6) is 0 Å². The van der Waals surface area contributed by atoms with Gasteiger partial charge in [0, 0.05) is 59.5 Å². The molecule has 4 aromatic rings. The lowest BCUT2D eigenvalue weighted by Gasteiger charge is -2.22. The van der Waals surface area contributed by atoms with E-state index in [1.165, 1.54) is 35.0 Å². The maximum Gasteiger partial charge on any atom is 0.433 e. The number of carbonyl (C=O) groups is 1. The highest BCUT2D eigenvalue weighted by atomic mass is 32.2. The van der Waals surface area contributed by atoms with E-state index < -0.39 is 33.8 Å². The van der Waals surface area contributed by atoms with Crippen LogP contribution in [-0.2, 0) is 27.4 Å². The Bertz CT molecular complexity index is 1810. The van der Waals surface area contributed by atoms with Gasteiger partial charge in [0.05, 0.1) is 6.04 Å². The Hall–Kier alpha value is -3.84. The minimum Gasteiger partial charge on any atom is -0.443 e. The number of hydrogen-bond donors (Lipinski definition) is 0. The predicted molar refractivity (Wildman–Crippen MR) is 146 cm³/mol. The third-order valence-electron chi connectivity index (χ3n) is 7.30. The van der Waals surface area contributed by atoms with Gasteiger partial charge in [-0.1, -0.05) is 6.07 Å². The molecule has 0 spiro atoms. The molecule has 4 heterocycles. The van der Waals surface area contributed by atoms with Gasteiger partial charge in [-0.25, -0.2) is 12.8 Å². The second-order valence-electron chi connectivity index (χ2n) is 10.5. The highest BCUT2D eigenvalue weighted by Gasteiger charge is 2.40. The van der Waals surface area contributed by atoms with Gasteiger partial charge in [-0.15, -0.1) is 0 Å². The van der Waals surface area contributed by atoms with E-state index in [2.05, 4.69) is 4.98 Å². The third kappa shape index (κ3) is 5.75. The topological polar surface area (TPSA) is 102 Å². The number of halogens is 4. The first-order chi connectivity index (χ1) is 19.8. The molecule has 0 aliphatic carbocycles. The lowest BCUT2D eigenvalue weighted by Crippen LogP contribution is -2.40. The van der Waals surface area contributed by atoms with Gasteiger partial charge >= 0.3 is 6.18 Å². The molecule has 0 unspecified atom stereocenters. The van der Waals surface area contributed by atoms with Crippen molar-refractivity contribution in [2.45, 2.75) is 62.9 Å². The largest absolute Gasteiger partial charge is 0.443 e. The highest BCUT2D eigenvalue weighted by Crippen LogP contribution is 2.32. The third-order valence-corrected chi connectivity index (χ3v) is 9.06. The fraction of sp³-hybridized carbons (Fsp3) is 0.345. The fourth-order valence-corrected chi connectivity index (χ4v) is 6.75. The summed E-state index contributed by atoms with van der Waals surface area (Å²) in [7, 11) is -4.20. The van der Waals surface area contributed by atoms with Gasteiger partial charge < -0.3 is 8.98 Å². The molecule has 0 saturated carbocycles. The van der Waals surface area contributed by atoms with Gasteiger partial charge in [0.2, 0.25) is 5.09 Å². The van der Waals surface area contributed by atoms with E-state index in [-0.39, 0.29) is 58.4 Å². The normalized spacial score (nSPS) is 16.5. The number of hydrogen-bond acceptors (Lipinski definition) is 6. The SMILES string of the molecule is CC(C)n1cc(-c2ccc(C(F)(F)F)nc2)cc(CCC(=O)[C@@H]2CCCN2S(=O)(=O)c2cc3cc(F)ccc3o2)c1=O. The molecular weight excluding hydrogens is 578 g/mol. The molecular formula is C29H27F4N3O5S. The summed E-state index contributed by atoms with van der Waals surface area (Å²) in [6.45, 7) is 3.65. The lowest BCUT2D eigenvalue weighted by atomic mass is 10.0. The van der Waals surface area contributed by atoms with Crippen LogP contribution >= 0.6 is 0 Å². The van der Waals surface area contributed by atoms with E-state index in [4.69, 9.17) is 4.42 Å². The van der Waals surface area contributed by atoms with Crippen LogP contribution in [0, 0.1) is 5.82 Å². The predicted octanol–water partition coefficient (Wildman–Crippen LogP) is 5.75. The fourth-order valence-electron chi connectivity index (χ4n) is 5.12. The molecule has 8 nitrogen and oxygen atoms in total. The summed E-state index contributed by atoms with van der Waals surface area (Å²) in [5.74, 6) is -0.924. The first-order valence-corrected chi connectivity index (χ1v) is 14.7. The van der Waals surface area contributed by atoms with Gasteiger partial charge in [0.25, 0.3) is 15.6 Å². The Morgan fingerprint density at radius 2 is 1.88 bits per heavy atom. The molecule has 0 bridgehead atoms. The van der Waals surface area contributed by atoms with Crippen molar-refractivity contribution >= 4 is 26.8 Å². The molecule has 1 aliphatic heterocycles. The number of alkyl halides is 3. The average molecular weight is 606 g/mol. The van der Waals surface area contributed by atoms with Crippen LogP contribution in [0.1, 0.15) is 50.4 Å². The van der Waals surface area contributed by atoms with Crippen LogP contribution in [0.2, 0.25) is 0 Å². The zero-order valence-corrected chi connectivity index (χ0v) is 23.5. The van der Waals surface area contributed by atoms with Crippen molar-refractivity contribution in [3.63, 3.8) is 0 Å². The smallest absolute Gasteiger partial charge is 0.433 e. The summed E-state index contributed by atoms with van der Waals surface area (Å²) in [6, 6.07) is 7.27. The quantitative estimate of drug-likeness (QED) is 0.237. The summed E-state index contributed by atoms with van der Waals surface area (Å²) in [5.41, 5.74) is -0.114. The first-order valence-electron chi connectivity index (χ1n) is 13.3. The molecule has 5 rings (SSSR count). The second kappa shape index (κ2) is 11.1.